The number of phenolic OH excluding ortho intramolecular Hbond substituents is 1. The first-order valence-corrected chi connectivity index (χ1v) is 3.59. The maximum absolute atomic E-state index is 10.5. The van der Waals surface area contributed by atoms with Crippen LogP contribution in [0.4, 0.5) is 5.69 Å². The second-order valence-electron chi connectivity index (χ2n) is 2.63. The number of rotatable bonds is 2. The fourth-order valence-corrected chi connectivity index (χ4v) is 0.909. The highest BCUT2D eigenvalue weighted by Crippen LogP contribution is 2.23. The van der Waals surface area contributed by atoms with Crippen LogP contribution >= 0.6 is 0 Å². The third-order valence-corrected chi connectivity index (χ3v) is 1.68. The molecule has 0 spiro atoms. The number of aromatic hydroxyl groups is 1. The predicted octanol–water partition coefficient (Wildman–Crippen LogP) is 0.0588. The Hall–Kier alpha value is -1.75. The molecule has 1 aromatic carbocycles. The first-order chi connectivity index (χ1) is 6.02. The number of hydrogen-bond acceptors (Lipinski definition) is 4. The minimum absolute atomic E-state index is 0.0821. The summed E-state index contributed by atoms with van der Waals surface area (Å²) in [7, 11) is 0. The number of nitrogen functional groups attached to an aromatic ring is 1. The van der Waals surface area contributed by atoms with Gasteiger partial charge in [-0.2, -0.15) is 0 Å². The molecule has 0 fully saturated rings. The van der Waals surface area contributed by atoms with Crippen LogP contribution in [0.15, 0.2) is 18.2 Å². The van der Waals surface area contributed by atoms with Crippen molar-refractivity contribution in [3.63, 3.8) is 0 Å². The number of phenols is 1. The van der Waals surface area contributed by atoms with Gasteiger partial charge in [0, 0.05) is 0 Å². The SMILES string of the molecule is Nc1cc(C(N)C(=O)O)ccc1O. The third-order valence-electron chi connectivity index (χ3n) is 1.68. The molecule has 0 aliphatic rings. The molecule has 1 atom stereocenters. The van der Waals surface area contributed by atoms with Gasteiger partial charge >= 0.3 is 5.97 Å². The highest BCUT2D eigenvalue weighted by molar-refractivity contribution is 5.76. The lowest BCUT2D eigenvalue weighted by Gasteiger charge is -2.07. The lowest BCUT2D eigenvalue weighted by molar-refractivity contribution is -0.138. The molecular formula is C8H10N2O3. The molecular weight excluding hydrogens is 172 g/mol. The van der Waals surface area contributed by atoms with Gasteiger partial charge in [-0.25, -0.2) is 0 Å². The van der Waals surface area contributed by atoms with Gasteiger partial charge in [0.15, 0.2) is 0 Å². The zero-order valence-corrected chi connectivity index (χ0v) is 6.77. The van der Waals surface area contributed by atoms with Gasteiger partial charge in [-0.15, -0.1) is 0 Å². The van der Waals surface area contributed by atoms with E-state index >= 15 is 0 Å². The Morgan fingerprint density at radius 2 is 2.08 bits per heavy atom. The van der Waals surface area contributed by atoms with Crippen molar-refractivity contribution in [2.75, 3.05) is 5.73 Å². The number of carboxylic acid groups (broad SMARTS) is 1. The van der Waals surface area contributed by atoms with Crippen molar-refractivity contribution in [2.24, 2.45) is 5.73 Å². The molecule has 0 radical (unpaired) electrons. The first-order valence-electron chi connectivity index (χ1n) is 3.59. The standard InChI is InChI=1S/C8H10N2O3/c9-5-3-4(1-2-6(5)11)7(10)8(12)13/h1-3,7,11H,9-10H2,(H,12,13). The van der Waals surface area contributed by atoms with Gasteiger partial charge in [0.1, 0.15) is 11.8 Å². The van der Waals surface area contributed by atoms with Gasteiger partial charge in [-0.3, -0.25) is 4.79 Å². The van der Waals surface area contributed by atoms with Crippen LogP contribution in [0.5, 0.6) is 5.75 Å². The minimum atomic E-state index is -1.13. The predicted molar refractivity (Wildman–Crippen MR) is 47.1 cm³/mol. The smallest absolute Gasteiger partial charge is 0.325 e. The van der Waals surface area contributed by atoms with Crippen LogP contribution in [-0.2, 0) is 4.79 Å². The molecule has 1 unspecified atom stereocenters. The second kappa shape index (κ2) is 3.32. The van der Waals surface area contributed by atoms with Crippen LogP contribution in [0, 0.1) is 0 Å². The van der Waals surface area contributed by atoms with E-state index in [-0.39, 0.29) is 11.4 Å². The van der Waals surface area contributed by atoms with E-state index in [4.69, 9.17) is 21.7 Å². The van der Waals surface area contributed by atoms with E-state index < -0.39 is 12.0 Å². The van der Waals surface area contributed by atoms with Gasteiger partial charge < -0.3 is 21.7 Å². The van der Waals surface area contributed by atoms with E-state index in [9.17, 15) is 4.79 Å². The maximum atomic E-state index is 10.5. The molecule has 5 heteroatoms. The lowest BCUT2D eigenvalue weighted by atomic mass is 10.1. The number of carbonyl (C=O) groups is 1. The van der Waals surface area contributed by atoms with Crippen LogP contribution in [-0.4, -0.2) is 16.2 Å². The summed E-state index contributed by atoms with van der Waals surface area (Å²) in [6.45, 7) is 0. The quantitative estimate of drug-likeness (QED) is 0.382. The number of carboxylic acids is 1. The van der Waals surface area contributed by atoms with Crippen LogP contribution in [0.3, 0.4) is 0 Å². The largest absolute Gasteiger partial charge is 0.506 e. The Kier molecular flexibility index (Phi) is 2.39. The summed E-state index contributed by atoms with van der Waals surface area (Å²) < 4.78 is 0. The van der Waals surface area contributed by atoms with Crippen molar-refractivity contribution >= 4 is 11.7 Å². The van der Waals surface area contributed by atoms with E-state index in [0.29, 0.717) is 5.56 Å². The molecule has 13 heavy (non-hydrogen) atoms. The van der Waals surface area contributed by atoms with E-state index in [1.807, 2.05) is 0 Å². The highest BCUT2D eigenvalue weighted by atomic mass is 16.4. The van der Waals surface area contributed by atoms with Gasteiger partial charge in [0.05, 0.1) is 5.69 Å². The molecule has 0 aliphatic heterocycles. The van der Waals surface area contributed by atoms with Gasteiger partial charge in [0.25, 0.3) is 0 Å². The molecule has 1 aromatic rings. The van der Waals surface area contributed by atoms with E-state index in [0.717, 1.165) is 0 Å². The average Bonchev–Trinajstić information content (AvgIpc) is 2.08. The molecule has 70 valence electrons. The summed E-state index contributed by atoms with van der Waals surface area (Å²) >= 11 is 0. The summed E-state index contributed by atoms with van der Waals surface area (Å²) in [6.07, 6.45) is 0. The molecule has 0 bridgehead atoms. The summed E-state index contributed by atoms with van der Waals surface area (Å²) in [4.78, 5) is 10.5. The number of benzene rings is 1. The van der Waals surface area contributed by atoms with Crippen molar-refractivity contribution < 1.29 is 15.0 Å². The monoisotopic (exact) mass is 182 g/mol. The Morgan fingerprint density at radius 1 is 1.46 bits per heavy atom. The molecule has 0 heterocycles. The van der Waals surface area contributed by atoms with Crippen LogP contribution in [0.25, 0.3) is 0 Å². The zero-order valence-electron chi connectivity index (χ0n) is 6.77. The Morgan fingerprint density at radius 3 is 2.54 bits per heavy atom. The zero-order chi connectivity index (χ0) is 10.0. The van der Waals surface area contributed by atoms with Gasteiger partial charge in [-0.1, -0.05) is 6.07 Å². The number of anilines is 1. The Labute approximate surface area is 74.6 Å². The molecule has 6 N–H and O–H groups in total. The number of hydrogen-bond donors (Lipinski definition) is 4. The van der Waals surface area contributed by atoms with Gasteiger partial charge in [-0.05, 0) is 17.7 Å². The van der Waals surface area contributed by atoms with Crippen molar-refractivity contribution in [1.29, 1.82) is 0 Å². The first kappa shape index (κ1) is 9.34. The summed E-state index contributed by atoms with van der Waals surface area (Å²) in [5.41, 5.74) is 11.2. The molecule has 0 aliphatic carbocycles. The van der Waals surface area contributed by atoms with Crippen LogP contribution < -0.4 is 11.5 Å². The van der Waals surface area contributed by atoms with Crippen LogP contribution in [0.1, 0.15) is 11.6 Å². The maximum Gasteiger partial charge on any atom is 0.325 e. The van der Waals surface area contributed by atoms with Crippen molar-refractivity contribution in [3.05, 3.63) is 23.8 Å². The number of aliphatic carboxylic acids is 1. The molecule has 1 rings (SSSR count). The normalized spacial score (nSPS) is 12.4. The Bertz CT molecular complexity index is 338. The van der Waals surface area contributed by atoms with Crippen molar-refractivity contribution in [3.8, 4) is 5.75 Å². The highest BCUT2D eigenvalue weighted by Gasteiger charge is 2.14. The summed E-state index contributed by atoms with van der Waals surface area (Å²) in [6, 6.07) is 2.97. The van der Waals surface area contributed by atoms with E-state index in [1.54, 1.807) is 0 Å². The fraction of sp³-hybridized carbons (Fsp3) is 0.125. The van der Waals surface area contributed by atoms with E-state index in [2.05, 4.69) is 0 Å². The van der Waals surface area contributed by atoms with Crippen LogP contribution in [0.2, 0.25) is 0 Å². The second-order valence-corrected chi connectivity index (χ2v) is 2.63. The fourth-order valence-electron chi connectivity index (χ4n) is 0.909. The third kappa shape index (κ3) is 1.88. The summed E-state index contributed by atoms with van der Waals surface area (Å²) in [5.74, 6) is -1.22. The molecule has 0 saturated carbocycles. The van der Waals surface area contributed by atoms with E-state index in [1.165, 1.54) is 18.2 Å². The van der Waals surface area contributed by atoms with Crippen molar-refractivity contribution in [2.45, 2.75) is 6.04 Å². The Balaban J connectivity index is 3.03. The average molecular weight is 182 g/mol. The molecule has 0 amide bonds. The molecule has 0 aromatic heterocycles. The number of nitrogens with two attached hydrogens (primary N) is 2. The minimum Gasteiger partial charge on any atom is -0.506 e. The topological polar surface area (TPSA) is 110 Å². The lowest BCUT2D eigenvalue weighted by Crippen LogP contribution is -2.20. The molecule has 5 nitrogen and oxygen atoms in total. The van der Waals surface area contributed by atoms with Gasteiger partial charge in [0.2, 0.25) is 0 Å². The van der Waals surface area contributed by atoms with Crippen molar-refractivity contribution in [1.82, 2.24) is 0 Å². The molecule has 0 saturated heterocycles. The summed E-state index contributed by atoms with van der Waals surface area (Å²) in [5, 5.41) is 17.6.